The van der Waals surface area contributed by atoms with E-state index in [4.69, 9.17) is 23.2 Å². The van der Waals surface area contributed by atoms with Crippen LogP contribution in [0.1, 0.15) is 17.7 Å². The largest absolute Gasteiger partial charge is 0.265 e. The molecular formula is C7H5Cl2F2N. The Morgan fingerprint density at radius 1 is 1.50 bits per heavy atom. The van der Waals surface area contributed by atoms with Crippen molar-refractivity contribution in [2.45, 2.75) is 12.3 Å². The van der Waals surface area contributed by atoms with Gasteiger partial charge >= 0.3 is 0 Å². The molecule has 0 bridgehead atoms. The Bertz CT molecular complexity index is 278. The highest BCUT2D eigenvalue weighted by Crippen LogP contribution is 2.23. The number of nitrogens with zero attached hydrogens (tertiary/aromatic N) is 1. The molecule has 1 aromatic heterocycles. The van der Waals surface area contributed by atoms with Crippen molar-refractivity contribution in [1.82, 2.24) is 4.98 Å². The number of pyridine rings is 1. The third-order valence-electron chi connectivity index (χ3n) is 1.32. The molecule has 0 N–H and O–H groups in total. The molecule has 0 saturated heterocycles. The first-order chi connectivity index (χ1) is 5.65. The monoisotopic (exact) mass is 211 g/mol. The third-order valence-corrected chi connectivity index (χ3v) is 1.90. The molecule has 1 nitrogen and oxygen atoms in total. The van der Waals surface area contributed by atoms with E-state index in [0.29, 0.717) is 5.69 Å². The van der Waals surface area contributed by atoms with Crippen LogP contribution in [0.15, 0.2) is 12.3 Å². The second-order valence-electron chi connectivity index (χ2n) is 2.13. The Morgan fingerprint density at radius 3 is 2.58 bits per heavy atom. The smallest absolute Gasteiger partial charge is 0.258 e. The van der Waals surface area contributed by atoms with Gasteiger partial charge in [0, 0.05) is 11.8 Å². The van der Waals surface area contributed by atoms with E-state index >= 15 is 0 Å². The summed E-state index contributed by atoms with van der Waals surface area (Å²) < 4.78 is 24.1. The molecule has 1 heterocycles. The van der Waals surface area contributed by atoms with E-state index in [1.165, 1.54) is 6.07 Å². The molecule has 0 amide bonds. The molecule has 0 saturated carbocycles. The Labute approximate surface area is 78.3 Å². The molecule has 12 heavy (non-hydrogen) atoms. The molecule has 0 aliphatic carbocycles. The topological polar surface area (TPSA) is 12.9 Å². The van der Waals surface area contributed by atoms with Gasteiger partial charge < -0.3 is 0 Å². The molecule has 0 unspecified atom stereocenters. The minimum Gasteiger partial charge on any atom is -0.258 e. The average Bonchev–Trinajstić information content (AvgIpc) is 2.04. The lowest BCUT2D eigenvalue weighted by Crippen LogP contribution is -1.91. The summed E-state index contributed by atoms with van der Waals surface area (Å²) in [5, 5.41) is 0.183. The van der Waals surface area contributed by atoms with Crippen molar-refractivity contribution < 1.29 is 8.78 Å². The van der Waals surface area contributed by atoms with E-state index in [2.05, 4.69) is 4.98 Å². The van der Waals surface area contributed by atoms with Crippen LogP contribution in [0.3, 0.4) is 0 Å². The van der Waals surface area contributed by atoms with Gasteiger partial charge in [0.1, 0.15) is 0 Å². The molecule has 0 atom stereocenters. The normalized spacial score (nSPS) is 10.8. The Balaban J connectivity index is 3.02. The maximum Gasteiger partial charge on any atom is 0.265 e. The van der Waals surface area contributed by atoms with Crippen LogP contribution in [0.25, 0.3) is 0 Å². The van der Waals surface area contributed by atoms with Crippen LogP contribution in [-0.2, 0) is 5.88 Å². The van der Waals surface area contributed by atoms with E-state index < -0.39 is 6.43 Å². The summed E-state index contributed by atoms with van der Waals surface area (Å²) in [7, 11) is 0. The Hall–Kier alpha value is -0.410. The number of alkyl halides is 3. The van der Waals surface area contributed by atoms with Crippen LogP contribution >= 0.6 is 23.2 Å². The minimum absolute atomic E-state index is 0.127. The van der Waals surface area contributed by atoms with Gasteiger partial charge in [0.05, 0.1) is 16.6 Å². The fourth-order valence-corrected chi connectivity index (χ4v) is 1.22. The van der Waals surface area contributed by atoms with E-state index in [-0.39, 0.29) is 16.5 Å². The van der Waals surface area contributed by atoms with Gasteiger partial charge in [-0.3, -0.25) is 4.98 Å². The van der Waals surface area contributed by atoms with Gasteiger partial charge in [-0.25, -0.2) is 8.78 Å². The van der Waals surface area contributed by atoms with Crippen LogP contribution in [0.4, 0.5) is 8.78 Å². The lowest BCUT2D eigenvalue weighted by Gasteiger charge is -2.02. The summed E-state index contributed by atoms with van der Waals surface area (Å²) in [6, 6.07) is 1.18. The van der Waals surface area contributed by atoms with Gasteiger partial charge in [-0.1, -0.05) is 11.6 Å². The van der Waals surface area contributed by atoms with Crippen molar-refractivity contribution in [2.75, 3.05) is 0 Å². The van der Waals surface area contributed by atoms with E-state index in [0.717, 1.165) is 6.20 Å². The van der Waals surface area contributed by atoms with Gasteiger partial charge in [-0.2, -0.15) is 0 Å². The summed E-state index contributed by atoms with van der Waals surface area (Å²) in [4.78, 5) is 3.67. The summed E-state index contributed by atoms with van der Waals surface area (Å²) in [5.74, 6) is 0.127. The quantitative estimate of drug-likeness (QED) is 0.684. The number of hydrogen-bond donors (Lipinski definition) is 0. The first-order valence-corrected chi connectivity index (χ1v) is 4.05. The highest BCUT2D eigenvalue weighted by molar-refractivity contribution is 6.32. The fraction of sp³-hybridized carbons (Fsp3) is 0.286. The zero-order chi connectivity index (χ0) is 9.14. The van der Waals surface area contributed by atoms with Crippen molar-refractivity contribution in [3.8, 4) is 0 Å². The number of aromatic nitrogens is 1. The highest BCUT2D eigenvalue weighted by Gasteiger charge is 2.09. The Kier molecular flexibility index (Phi) is 3.23. The maximum absolute atomic E-state index is 12.1. The lowest BCUT2D eigenvalue weighted by atomic mass is 10.2. The molecule has 5 heteroatoms. The molecule has 0 spiro atoms. The van der Waals surface area contributed by atoms with Gasteiger partial charge in [0.25, 0.3) is 6.43 Å². The second-order valence-corrected chi connectivity index (χ2v) is 2.81. The van der Waals surface area contributed by atoms with Crippen LogP contribution in [0.5, 0.6) is 0 Å². The number of rotatable bonds is 2. The third kappa shape index (κ3) is 2.05. The summed E-state index contributed by atoms with van der Waals surface area (Å²) in [6.45, 7) is 0. The van der Waals surface area contributed by atoms with Crippen molar-refractivity contribution in [3.63, 3.8) is 0 Å². The van der Waals surface area contributed by atoms with Crippen LogP contribution < -0.4 is 0 Å². The van der Waals surface area contributed by atoms with Crippen LogP contribution in [0, 0.1) is 0 Å². The first kappa shape index (κ1) is 9.68. The fourth-order valence-electron chi connectivity index (χ4n) is 0.699. The maximum atomic E-state index is 12.1. The Morgan fingerprint density at radius 2 is 2.17 bits per heavy atom. The number of hydrogen-bond acceptors (Lipinski definition) is 1. The molecule has 0 aliphatic heterocycles. The summed E-state index contributed by atoms with van der Waals surface area (Å²) >= 11 is 11.0. The standard InChI is InChI=1S/C7H5Cl2F2N/c8-2-6-5(9)1-4(3-12-6)7(10)11/h1,3,7H,2H2. The van der Waals surface area contributed by atoms with Crippen molar-refractivity contribution in [1.29, 1.82) is 0 Å². The van der Waals surface area contributed by atoms with Gasteiger partial charge in [0.15, 0.2) is 0 Å². The van der Waals surface area contributed by atoms with Gasteiger partial charge in [-0.15, -0.1) is 11.6 Å². The molecular weight excluding hydrogens is 207 g/mol. The molecule has 0 aromatic carbocycles. The zero-order valence-corrected chi connectivity index (χ0v) is 7.41. The van der Waals surface area contributed by atoms with E-state index in [1.54, 1.807) is 0 Å². The second kappa shape index (κ2) is 4.01. The summed E-state index contributed by atoms with van der Waals surface area (Å²) in [6.07, 6.45) is -1.46. The van der Waals surface area contributed by atoms with Crippen LogP contribution in [-0.4, -0.2) is 4.98 Å². The summed E-state index contributed by atoms with van der Waals surface area (Å²) in [5.41, 5.74) is 0.233. The van der Waals surface area contributed by atoms with Gasteiger partial charge in [-0.05, 0) is 6.07 Å². The molecule has 66 valence electrons. The average molecular weight is 212 g/mol. The minimum atomic E-state index is -2.54. The molecule has 1 rings (SSSR count). The highest BCUT2D eigenvalue weighted by atomic mass is 35.5. The van der Waals surface area contributed by atoms with Crippen molar-refractivity contribution in [2.24, 2.45) is 0 Å². The van der Waals surface area contributed by atoms with Crippen molar-refractivity contribution >= 4 is 23.2 Å². The zero-order valence-electron chi connectivity index (χ0n) is 5.90. The number of halogens is 4. The first-order valence-electron chi connectivity index (χ1n) is 3.13. The molecule has 1 aromatic rings. The molecule has 0 aliphatic rings. The van der Waals surface area contributed by atoms with Gasteiger partial charge in [0.2, 0.25) is 0 Å². The predicted octanol–water partition coefficient (Wildman–Crippen LogP) is 3.41. The van der Waals surface area contributed by atoms with Crippen molar-refractivity contribution in [3.05, 3.63) is 28.5 Å². The van der Waals surface area contributed by atoms with E-state index in [1.807, 2.05) is 0 Å². The SMILES string of the molecule is FC(F)c1cnc(CCl)c(Cl)c1. The molecule has 0 fully saturated rings. The molecule has 0 radical (unpaired) electrons. The van der Waals surface area contributed by atoms with E-state index in [9.17, 15) is 8.78 Å². The van der Waals surface area contributed by atoms with Crippen LogP contribution in [0.2, 0.25) is 5.02 Å². The lowest BCUT2D eigenvalue weighted by molar-refractivity contribution is 0.151. The predicted molar refractivity (Wildman–Crippen MR) is 43.8 cm³/mol.